The summed E-state index contributed by atoms with van der Waals surface area (Å²) in [4.78, 5) is 99.2. The van der Waals surface area contributed by atoms with Crippen LogP contribution in [0.25, 0.3) is 0 Å². The van der Waals surface area contributed by atoms with Crippen LogP contribution in [0.2, 0.25) is 0 Å². The molecule has 6 N–H and O–H groups in total. The molecule has 0 aromatic carbocycles. The molecular weight excluding hydrogens is 753 g/mol. The van der Waals surface area contributed by atoms with Crippen molar-refractivity contribution >= 4 is 51.2 Å². The number of Topliss-reactive ketones (excluding diaryl/α,β-unsaturated/α-hetero) is 1. The molecule has 1 aromatic rings. The molecule has 1 aliphatic carbocycles. The number of halogens is 3. The van der Waals surface area contributed by atoms with Crippen molar-refractivity contribution in [2.75, 3.05) is 6.54 Å². The third kappa shape index (κ3) is 14.8. The van der Waals surface area contributed by atoms with E-state index in [1.165, 1.54) is 25.5 Å². The lowest BCUT2D eigenvalue weighted by atomic mass is 9.84. The number of nitrogens with one attached hydrogen (secondary N) is 6. The number of rotatable bonds is 20. The fourth-order valence-electron chi connectivity index (χ4n) is 5.83. The molecule has 55 heavy (non-hydrogen) atoms. The van der Waals surface area contributed by atoms with E-state index in [0.717, 1.165) is 36.8 Å². The Hall–Kier alpha value is -4.69. The molecule has 0 radical (unpaired) electrons. The zero-order valence-electron chi connectivity index (χ0n) is 31.5. The van der Waals surface area contributed by atoms with Gasteiger partial charge in [-0.2, -0.15) is 21.6 Å². The predicted molar refractivity (Wildman–Crippen MR) is 191 cm³/mol. The van der Waals surface area contributed by atoms with E-state index in [4.69, 9.17) is 0 Å². The highest BCUT2D eigenvalue weighted by Gasteiger charge is 2.47. The van der Waals surface area contributed by atoms with Gasteiger partial charge in [-0.3, -0.25) is 38.5 Å². The molecule has 1 heterocycles. The van der Waals surface area contributed by atoms with Crippen molar-refractivity contribution in [2.24, 2.45) is 17.8 Å². The van der Waals surface area contributed by atoms with Gasteiger partial charge >= 0.3 is 15.5 Å². The summed E-state index contributed by atoms with van der Waals surface area (Å²) in [5.41, 5.74) is -5.81. The van der Waals surface area contributed by atoms with E-state index in [2.05, 4.69) is 31.2 Å². The Kier molecular flexibility index (Phi) is 18.1. The van der Waals surface area contributed by atoms with Crippen LogP contribution in [0.1, 0.15) is 103 Å². The molecule has 1 fully saturated rings. The maximum absolute atomic E-state index is 13.9. The molecule has 0 saturated heterocycles. The summed E-state index contributed by atoms with van der Waals surface area (Å²) < 4.78 is 60.7. The first-order valence-corrected chi connectivity index (χ1v) is 19.6. The molecule has 308 valence electrons. The van der Waals surface area contributed by atoms with E-state index in [0.29, 0.717) is 6.42 Å². The molecular formula is C34H51F3N8O9S. The van der Waals surface area contributed by atoms with E-state index in [1.54, 1.807) is 19.2 Å². The fourth-order valence-corrected chi connectivity index (χ4v) is 6.32. The van der Waals surface area contributed by atoms with Crippen LogP contribution in [-0.4, -0.2) is 95.8 Å². The van der Waals surface area contributed by atoms with Crippen LogP contribution in [0.5, 0.6) is 0 Å². The van der Waals surface area contributed by atoms with Gasteiger partial charge in [-0.15, -0.1) is 0 Å². The molecule has 2 rings (SSSR count). The third-order valence-corrected chi connectivity index (χ3v) is 10.2. The Morgan fingerprint density at radius 3 is 1.98 bits per heavy atom. The van der Waals surface area contributed by atoms with Gasteiger partial charge in [-0.25, -0.2) is 9.71 Å². The molecule has 1 saturated carbocycles. The number of sulfonamides is 1. The summed E-state index contributed by atoms with van der Waals surface area (Å²) in [6, 6.07) is -4.95. The van der Waals surface area contributed by atoms with Gasteiger partial charge in [0.25, 0.3) is 17.7 Å². The summed E-state index contributed by atoms with van der Waals surface area (Å²) >= 11 is 0. The normalized spacial score (nSPS) is 16.4. The van der Waals surface area contributed by atoms with E-state index in [9.17, 15) is 55.2 Å². The SMILES string of the molecule is CC[C@H](NC(=O)[C@H](CC1CCCCC1)NC(=O)[C@@H](NC(=O)[C@H](CC(C)C)NC(=O)c1cnccn1)[C@@H](C)CC)C(=O)C(=O)NCC(=O)NS(=O)(=O)C(F)(F)F. The average Bonchev–Trinajstić information content (AvgIpc) is 3.13. The zero-order chi connectivity index (χ0) is 41.5. The quantitative estimate of drug-likeness (QED) is 0.102. The highest BCUT2D eigenvalue weighted by atomic mass is 32.2. The highest BCUT2D eigenvalue weighted by molar-refractivity contribution is 7.90. The summed E-state index contributed by atoms with van der Waals surface area (Å²) in [6.45, 7) is 7.36. The molecule has 21 heteroatoms. The van der Waals surface area contributed by atoms with E-state index >= 15 is 0 Å². The topological polar surface area (TPSA) is 252 Å². The minimum atomic E-state index is -6.05. The first-order chi connectivity index (χ1) is 25.7. The van der Waals surface area contributed by atoms with Crippen LogP contribution in [0, 0.1) is 17.8 Å². The number of aromatic nitrogens is 2. The Morgan fingerprint density at radius 1 is 0.818 bits per heavy atom. The summed E-state index contributed by atoms with van der Waals surface area (Å²) in [5, 5.41) is 12.3. The lowest BCUT2D eigenvalue weighted by Crippen LogP contribution is -2.60. The second-order valence-electron chi connectivity index (χ2n) is 13.9. The highest BCUT2D eigenvalue weighted by Crippen LogP contribution is 2.28. The van der Waals surface area contributed by atoms with Crippen molar-refractivity contribution in [3.05, 3.63) is 24.3 Å². The first-order valence-electron chi connectivity index (χ1n) is 18.1. The molecule has 0 bridgehead atoms. The van der Waals surface area contributed by atoms with Gasteiger partial charge in [0.1, 0.15) is 23.8 Å². The number of hydrogen-bond acceptors (Lipinski definition) is 11. The first kappa shape index (κ1) is 46.5. The Bertz CT molecular complexity index is 1620. The van der Waals surface area contributed by atoms with Gasteiger partial charge in [-0.1, -0.05) is 73.1 Å². The standard InChI is InChI=1S/C34H51F3N8O9S/c1-6-20(5)27(44-30(49)23(15-19(3)4)42-31(50)25-17-38-13-14-39-25)32(51)43-24(16-21-11-9-8-10-12-21)29(48)41-22(7-2)28(47)33(52)40-18-26(46)45-55(53,54)34(35,36)37/h13-14,17,19-24,27H,6-12,15-16,18H2,1-5H3,(H,40,52)(H,41,48)(H,42,50)(H,43,51)(H,44,49)(H,45,46)/t20-,22-,23-,24-,27-/m0/s1. The number of amides is 6. The molecule has 0 spiro atoms. The lowest BCUT2D eigenvalue weighted by molar-refractivity contribution is -0.141. The van der Waals surface area contributed by atoms with Gasteiger partial charge in [0.15, 0.2) is 0 Å². The molecule has 0 unspecified atom stereocenters. The van der Waals surface area contributed by atoms with E-state index in [-0.39, 0.29) is 36.8 Å². The smallest absolute Gasteiger partial charge is 0.344 e. The predicted octanol–water partition coefficient (Wildman–Crippen LogP) is 1.15. The number of alkyl halides is 3. The molecule has 1 aromatic heterocycles. The average molecular weight is 805 g/mol. The molecule has 17 nitrogen and oxygen atoms in total. The number of ketones is 1. The van der Waals surface area contributed by atoms with Crippen molar-refractivity contribution in [3.63, 3.8) is 0 Å². The minimum absolute atomic E-state index is 0.0127. The Balaban J connectivity index is 2.24. The number of nitrogens with zero attached hydrogens (tertiary/aromatic N) is 2. The van der Waals surface area contributed by atoms with Crippen LogP contribution in [0.3, 0.4) is 0 Å². The van der Waals surface area contributed by atoms with Crippen LogP contribution < -0.4 is 31.3 Å². The second kappa shape index (κ2) is 21.4. The number of hydrogen-bond donors (Lipinski definition) is 6. The largest absolute Gasteiger partial charge is 0.516 e. The number of carbonyl (C=O) groups excluding carboxylic acids is 7. The van der Waals surface area contributed by atoms with Crippen LogP contribution >= 0.6 is 0 Å². The van der Waals surface area contributed by atoms with E-state index < -0.39 is 93.4 Å². The molecule has 1 aliphatic rings. The van der Waals surface area contributed by atoms with Gasteiger partial charge in [0.05, 0.1) is 18.8 Å². The third-order valence-electron chi connectivity index (χ3n) is 9.07. The molecule has 5 atom stereocenters. The van der Waals surface area contributed by atoms with Crippen molar-refractivity contribution in [1.29, 1.82) is 0 Å². The minimum Gasteiger partial charge on any atom is -0.344 e. The van der Waals surface area contributed by atoms with Gasteiger partial charge in [-0.05, 0) is 37.0 Å². The molecule has 0 aliphatic heterocycles. The Labute approximate surface area is 318 Å². The van der Waals surface area contributed by atoms with E-state index in [1.807, 2.05) is 13.8 Å². The maximum atomic E-state index is 13.9. The van der Waals surface area contributed by atoms with Gasteiger partial charge in [0, 0.05) is 12.4 Å². The van der Waals surface area contributed by atoms with Crippen molar-refractivity contribution in [3.8, 4) is 0 Å². The van der Waals surface area contributed by atoms with Crippen LogP contribution in [-0.2, 0) is 38.8 Å². The monoisotopic (exact) mass is 804 g/mol. The van der Waals surface area contributed by atoms with Crippen molar-refractivity contribution in [2.45, 2.75) is 122 Å². The summed E-state index contributed by atoms with van der Waals surface area (Å²) in [6.07, 6.45) is 8.92. The Morgan fingerprint density at radius 2 is 1.44 bits per heavy atom. The van der Waals surface area contributed by atoms with Crippen LogP contribution in [0.4, 0.5) is 13.2 Å². The van der Waals surface area contributed by atoms with Crippen molar-refractivity contribution in [1.82, 2.24) is 41.3 Å². The molecule has 6 amide bonds. The maximum Gasteiger partial charge on any atom is 0.516 e. The fraction of sp³-hybridized carbons (Fsp3) is 0.676. The van der Waals surface area contributed by atoms with Gasteiger partial charge in [0.2, 0.25) is 23.5 Å². The summed E-state index contributed by atoms with van der Waals surface area (Å²) in [7, 11) is -6.05. The lowest BCUT2D eigenvalue weighted by Gasteiger charge is -2.31. The zero-order valence-corrected chi connectivity index (χ0v) is 32.3. The van der Waals surface area contributed by atoms with Crippen molar-refractivity contribution < 1.29 is 55.2 Å². The second-order valence-corrected chi connectivity index (χ2v) is 15.6. The van der Waals surface area contributed by atoms with Crippen LogP contribution in [0.15, 0.2) is 18.6 Å². The number of carbonyl (C=O) groups is 7. The van der Waals surface area contributed by atoms with Gasteiger partial charge < -0.3 is 26.6 Å². The summed E-state index contributed by atoms with van der Waals surface area (Å²) in [5.74, 6) is -7.85.